The van der Waals surface area contributed by atoms with Gasteiger partial charge in [0.25, 0.3) is 5.91 Å². The minimum atomic E-state index is -0.257. The molecule has 0 aliphatic carbocycles. The summed E-state index contributed by atoms with van der Waals surface area (Å²) >= 11 is 0. The number of benzene rings is 1. The molecule has 21 heavy (non-hydrogen) atoms. The molecule has 1 aromatic carbocycles. The summed E-state index contributed by atoms with van der Waals surface area (Å²) in [6.45, 7) is 3.91. The lowest BCUT2D eigenvalue weighted by Gasteiger charge is -2.06. The molecule has 0 radical (unpaired) electrons. The Morgan fingerprint density at radius 1 is 1.38 bits per heavy atom. The third-order valence-corrected chi connectivity index (χ3v) is 2.57. The molecule has 1 amide bonds. The van der Waals surface area contributed by atoms with Crippen LogP contribution in [-0.2, 0) is 0 Å². The standard InChI is InChI=1S/C15H13N5O/c1-2-6-17-14(21)12-9-18-15(19-10-12)20-13-5-3-4-11(7-13)8-16/h2-5,7,9-10H,1,6H2,(H,17,21)(H,18,19,20). The van der Waals surface area contributed by atoms with Crippen molar-refractivity contribution in [2.45, 2.75) is 0 Å². The first kappa shape index (κ1) is 14.2. The van der Waals surface area contributed by atoms with Crippen LogP contribution in [0.15, 0.2) is 49.3 Å². The maximum absolute atomic E-state index is 11.7. The predicted octanol–water partition coefficient (Wildman–Crippen LogP) is 2.01. The molecule has 2 aromatic rings. The number of anilines is 2. The Hall–Kier alpha value is -3.20. The number of nitrogens with one attached hydrogen (secondary N) is 2. The first-order valence-corrected chi connectivity index (χ1v) is 6.21. The summed E-state index contributed by atoms with van der Waals surface area (Å²) in [5, 5.41) is 14.4. The lowest BCUT2D eigenvalue weighted by Crippen LogP contribution is -2.23. The van der Waals surface area contributed by atoms with E-state index in [0.29, 0.717) is 29.3 Å². The second kappa shape index (κ2) is 6.82. The van der Waals surface area contributed by atoms with Crippen LogP contribution in [0, 0.1) is 11.3 Å². The van der Waals surface area contributed by atoms with Gasteiger partial charge < -0.3 is 10.6 Å². The van der Waals surface area contributed by atoms with Crippen LogP contribution in [-0.4, -0.2) is 22.4 Å². The second-order valence-corrected chi connectivity index (χ2v) is 4.11. The molecule has 0 aliphatic rings. The van der Waals surface area contributed by atoms with Crippen LogP contribution in [0.5, 0.6) is 0 Å². The maximum atomic E-state index is 11.7. The van der Waals surface area contributed by atoms with E-state index in [1.54, 1.807) is 30.3 Å². The van der Waals surface area contributed by atoms with E-state index < -0.39 is 0 Å². The molecule has 1 aromatic heterocycles. The number of amides is 1. The highest BCUT2D eigenvalue weighted by Crippen LogP contribution is 2.14. The van der Waals surface area contributed by atoms with E-state index in [1.807, 2.05) is 0 Å². The van der Waals surface area contributed by atoms with E-state index >= 15 is 0 Å². The van der Waals surface area contributed by atoms with E-state index in [2.05, 4.69) is 33.2 Å². The maximum Gasteiger partial charge on any atom is 0.254 e. The predicted molar refractivity (Wildman–Crippen MR) is 79.0 cm³/mol. The molecule has 6 nitrogen and oxygen atoms in total. The molecule has 0 bridgehead atoms. The SMILES string of the molecule is C=CCNC(=O)c1cnc(Nc2cccc(C#N)c2)nc1. The van der Waals surface area contributed by atoms with Crippen LogP contribution in [0.4, 0.5) is 11.6 Å². The lowest BCUT2D eigenvalue weighted by atomic mass is 10.2. The van der Waals surface area contributed by atoms with Crippen molar-refractivity contribution in [1.29, 1.82) is 5.26 Å². The number of rotatable bonds is 5. The van der Waals surface area contributed by atoms with Gasteiger partial charge in [-0.15, -0.1) is 6.58 Å². The summed E-state index contributed by atoms with van der Waals surface area (Å²) in [4.78, 5) is 19.8. The van der Waals surface area contributed by atoms with Crippen LogP contribution < -0.4 is 10.6 Å². The van der Waals surface area contributed by atoms with Crippen molar-refractivity contribution in [2.24, 2.45) is 0 Å². The van der Waals surface area contributed by atoms with Gasteiger partial charge in [0.2, 0.25) is 5.95 Å². The first-order chi connectivity index (χ1) is 10.2. The fourth-order valence-corrected chi connectivity index (χ4v) is 1.57. The first-order valence-electron chi connectivity index (χ1n) is 6.21. The van der Waals surface area contributed by atoms with Crippen molar-refractivity contribution < 1.29 is 4.79 Å². The number of aromatic nitrogens is 2. The average Bonchev–Trinajstić information content (AvgIpc) is 2.53. The topological polar surface area (TPSA) is 90.7 Å². The van der Waals surface area contributed by atoms with Gasteiger partial charge in [-0.05, 0) is 18.2 Å². The summed E-state index contributed by atoms with van der Waals surface area (Å²) in [6.07, 6.45) is 4.46. The van der Waals surface area contributed by atoms with Gasteiger partial charge in [0.05, 0.1) is 17.2 Å². The minimum Gasteiger partial charge on any atom is -0.348 e. The fraction of sp³-hybridized carbons (Fsp3) is 0.0667. The number of nitriles is 1. The summed E-state index contributed by atoms with van der Waals surface area (Å²) in [7, 11) is 0. The Morgan fingerprint density at radius 2 is 2.14 bits per heavy atom. The molecular formula is C15H13N5O. The highest BCUT2D eigenvalue weighted by molar-refractivity contribution is 5.93. The molecule has 0 saturated carbocycles. The van der Waals surface area contributed by atoms with Gasteiger partial charge >= 0.3 is 0 Å². The molecule has 2 N–H and O–H groups in total. The van der Waals surface area contributed by atoms with Crippen LogP contribution in [0.2, 0.25) is 0 Å². The van der Waals surface area contributed by atoms with E-state index in [4.69, 9.17) is 5.26 Å². The molecule has 0 fully saturated rings. The van der Waals surface area contributed by atoms with Gasteiger partial charge in [0, 0.05) is 24.6 Å². The van der Waals surface area contributed by atoms with Gasteiger partial charge in [-0.2, -0.15) is 5.26 Å². The van der Waals surface area contributed by atoms with Crippen molar-refractivity contribution in [1.82, 2.24) is 15.3 Å². The Labute approximate surface area is 122 Å². The van der Waals surface area contributed by atoms with E-state index in [0.717, 1.165) is 0 Å². The number of carbonyl (C=O) groups is 1. The minimum absolute atomic E-state index is 0.257. The van der Waals surface area contributed by atoms with Crippen molar-refractivity contribution in [2.75, 3.05) is 11.9 Å². The quantitative estimate of drug-likeness (QED) is 0.817. The Bertz CT molecular complexity index is 688. The molecular weight excluding hydrogens is 266 g/mol. The van der Waals surface area contributed by atoms with Gasteiger partial charge in [-0.25, -0.2) is 9.97 Å². The molecule has 2 rings (SSSR count). The highest BCUT2D eigenvalue weighted by Gasteiger charge is 2.06. The third kappa shape index (κ3) is 3.88. The molecule has 0 unspecified atom stereocenters. The molecule has 6 heteroatoms. The van der Waals surface area contributed by atoms with Gasteiger partial charge in [0.15, 0.2) is 0 Å². The van der Waals surface area contributed by atoms with Crippen LogP contribution in [0.1, 0.15) is 15.9 Å². The Balaban J connectivity index is 2.07. The summed E-state index contributed by atoms with van der Waals surface area (Å²) < 4.78 is 0. The fourth-order valence-electron chi connectivity index (χ4n) is 1.57. The van der Waals surface area contributed by atoms with Crippen molar-refractivity contribution in [3.63, 3.8) is 0 Å². The summed E-state index contributed by atoms with van der Waals surface area (Å²) in [5.74, 6) is 0.0956. The Kier molecular flexibility index (Phi) is 4.62. The molecule has 0 spiro atoms. The van der Waals surface area contributed by atoms with Crippen molar-refractivity contribution in [3.8, 4) is 6.07 Å². The second-order valence-electron chi connectivity index (χ2n) is 4.11. The largest absolute Gasteiger partial charge is 0.348 e. The van der Waals surface area contributed by atoms with Crippen LogP contribution in [0.25, 0.3) is 0 Å². The molecule has 1 heterocycles. The van der Waals surface area contributed by atoms with E-state index in [9.17, 15) is 4.79 Å². The zero-order valence-electron chi connectivity index (χ0n) is 11.2. The zero-order valence-corrected chi connectivity index (χ0v) is 11.2. The number of nitrogens with zero attached hydrogens (tertiary/aromatic N) is 3. The van der Waals surface area contributed by atoms with E-state index in [-0.39, 0.29) is 5.91 Å². The Morgan fingerprint density at radius 3 is 2.81 bits per heavy atom. The average molecular weight is 279 g/mol. The monoisotopic (exact) mass is 279 g/mol. The number of hydrogen-bond acceptors (Lipinski definition) is 5. The number of carbonyl (C=O) groups excluding carboxylic acids is 1. The van der Waals surface area contributed by atoms with Gasteiger partial charge in [-0.3, -0.25) is 4.79 Å². The van der Waals surface area contributed by atoms with Gasteiger partial charge in [0.1, 0.15) is 0 Å². The van der Waals surface area contributed by atoms with Crippen LogP contribution >= 0.6 is 0 Å². The zero-order chi connectivity index (χ0) is 15.1. The summed E-state index contributed by atoms with van der Waals surface area (Å²) in [5.41, 5.74) is 1.62. The van der Waals surface area contributed by atoms with Crippen molar-refractivity contribution in [3.05, 3.63) is 60.4 Å². The molecule has 0 aliphatic heterocycles. The number of hydrogen-bond donors (Lipinski definition) is 2. The molecule has 104 valence electrons. The third-order valence-electron chi connectivity index (χ3n) is 2.57. The smallest absolute Gasteiger partial charge is 0.254 e. The highest BCUT2D eigenvalue weighted by atomic mass is 16.1. The van der Waals surface area contributed by atoms with Crippen molar-refractivity contribution >= 4 is 17.5 Å². The summed E-state index contributed by atoms with van der Waals surface area (Å²) in [6, 6.07) is 9.01. The van der Waals surface area contributed by atoms with Crippen LogP contribution in [0.3, 0.4) is 0 Å². The van der Waals surface area contributed by atoms with Gasteiger partial charge in [-0.1, -0.05) is 12.1 Å². The molecule has 0 saturated heterocycles. The normalized spacial score (nSPS) is 9.48. The van der Waals surface area contributed by atoms with E-state index in [1.165, 1.54) is 12.4 Å². The lowest BCUT2D eigenvalue weighted by molar-refractivity contribution is 0.0957. The molecule has 0 atom stereocenters.